The van der Waals surface area contributed by atoms with Gasteiger partial charge in [-0.2, -0.15) is 0 Å². The summed E-state index contributed by atoms with van der Waals surface area (Å²) in [6.45, 7) is 2.32. The number of allylic oxidation sites excluding steroid dienone is 7. The highest BCUT2D eigenvalue weighted by molar-refractivity contribution is 6.32. The van der Waals surface area contributed by atoms with Crippen molar-refractivity contribution < 1.29 is 9.90 Å². The summed E-state index contributed by atoms with van der Waals surface area (Å²) in [5.74, 6) is -0.423. The van der Waals surface area contributed by atoms with Gasteiger partial charge in [-0.05, 0) is 48.8 Å². The van der Waals surface area contributed by atoms with Crippen LogP contribution in [0.3, 0.4) is 0 Å². The molecule has 1 aliphatic carbocycles. The van der Waals surface area contributed by atoms with Crippen molar-refractivity contribution in [1.82, 2.24) is 9.55 Å². The fourth-order valence-electron chi connectivity index (χ4n) is 3.74. The number of imidazole rings is 1. The van der Waals surface area contributed by atoms with Crippen molar-refractivity contribution in [1.29, 1.82) is 0 Å². The Kier molecular flexibility index (Phi) is 6.25. The summed E-state index contributed by atoms with van der Waals surface area (Å²) in [6, 6.07) is 5.62. The molecular weight excluding hydrogens is 433 g/mol. The van der Waals surface area contributed by atoms with Crippen molar-refractivity contribution in [3.05, 3.63) is 93.2 Å². The quantitative estimate of drug-likeness (QED) is 0.599. The van der Waals surface area contributed by atoms with Gasteiger partial charge in [0.2, 0.25) is 0 Å². The van der Waals surface area contributed by atoms with E-state index in [1.54, 1.807) is 17.0 Å². The third kappa shape index (κ3) is 4.73. The number of hydrogen-bond acceptors (Lipinski definition) is 3. The average Bonchev–Trinajstić information content (AvgIpc) is 3.29. The second-order valence-corrected chi connectivity index (χ2v) is 8.40. The number of nitrogens with zero attached hydrogens (tertiary/aromatic N) is 3. The number of aryl methyl sites for hydroxylation is 1. The van der Waals surface area contributed by atoms with Gasteiger partial charge in [0.25, 0.3) is 0 Å². The predicted octanol–water partition coefficient (Wildman–Crippen LogP) is 5.81. The van der Waals surface area contributed by atoms with Crippen LogP contribution in [0.4, 0.5) is 0 Å². The molecule has 158 valence electrons. The molecule has 0 amide bonds. The maximum Gasteiger partial charge on any atom is 0.354 e. The Hall–Kier alpha value is -2.89. The molecule has 2 aliphatic rings. The molecule has 7 heteroatoms. The zero-order chi connectivity index (χ0) is 22.0. The second kappa shape index (κ2) is 9.08. The number of rotatable bonds is 6. The van der Waals surface area contributed by atoms with E-state index in [0.717, 1.165) is 16.7 Å². The Morgan fingerprint density at radius 3 is 2.90 bits per heavy atom. The number of aromatic nitrogens is 2. The van der Waals surface area contributed by atoms with Gasteiger partial charge in [-0.3, -0.25) is 4.99 Å². The predicted molar refractivity (Wildman–Crippen MR) is 125 cm³/mol. The van der Waals surface area contributed by atoms with Gasteiger partial charge >= 0.3 is 5.97 Å². The molecule has 4 rings (SSSR count). The van der Waals surface area contributed by atoms with Crippen molar-refractivity contribution in [3.8, 4) is 0 Å². The summed E-state index contributed by atoms with van der Waals surface area (Å²) in [7, 11) is 0. The lowest BCUT2D eigenvalue weighted by molar-refractivity contribution is 0.0684. The van der Waals surface area contributed by atoms with E-state index in [-0.39, 0.29) is 11.6 Å². The van der Waals surface area contributed by atoms with Crippen molar-refractivity contribution >= 4 is 41.0 Å². The molecule has 0 spiro atoms. The van der Waals surface area contributed by atoms with Crippen LogP contribution >= 0.6 is 23.2 Å². The number of benzene rings is 1. The molecule has 0 saturated heterocycles. The van der Waals surface area contributed by atoms with Gasteiger partial charge in [0.15, 0.2) is 5.69 Å². The van der Waals surface area contributed by atoms with Crippen LogP contribution in [0.15, 0.2) is 64.8 Å². The van der Waals surface area contributed by atoms with Crippen LogP contribution in [0.25, 0.3) is 5.57 Å². The lowest BCUT2D eigenvalue weighted by Crippen LogP contribution is -2.15. The summed E-state index contributed by atoms with van der Waals surface area (Å²) < 4.78 is 1.75. The van der Waals surface area contributed by atoms with Crippen LogP contribution in [0, 0.1) is 12.8 Å². The summed E-state index contributed by atoms with van der Waals surface area (Å²) >= 11 is 12.5. The lowest BCUT2D eigenvalue weighted by atomic mass is 10.0. The number of hydrogen-bond donors (Lipinski definition) is 1. The van der Waals surface area contributed by atoms with E-state index in [4.69, 9.17) is 28.2 Å². The molecule has 1 aromatic heterocycles. The largest absolute Gasteiger partial charge is 0.477 e. The molecule has 1 N–H and O–H groups in total. The Labute approximate surface area is 190 Å². The van der Waals surface area contributed by atoms with E-state index in [0.29, 0.717) is 41.0 Å². The van der Waals surface area contributed by atoms with Gasteiger partial charge in [0, 0.05) is 40.4 Å². The number of aliphatic imine (C=N–C) groups is 1. The minimum atomic E-state index is -1.02. The SMILES string of the molecule is Cc1ccc(Cl)cc1Cn1c(C2=CCC=CC(Cl)=C2)nc(CC2C=CN=C2)c1C(=O)O. The molecule has 0 saturated carbocycles. The molecule has 1 atom stereocenters. The summed E-state index contributed by atoms with van der Waals surface area (Å²) in [5.41, 5.74) is 3.44. The van der Waals surface area contributed by atoms with Crippen molar-refractivity contribution in [2.24, 2.45) is 10.9 Å². The molecule has 0 bridgehead atoms. The van der Waals surface area contributed by atoms with Crippen molar-refractivity contribution in [2.45, 2.75) is 26.3 Å². The topological polar surface area (TPSA) is 67.5 Å². The second-order valence-electron chi connectivity index (χ2n) is 7.53. The fourth-order valence-corrected chi connectivity index (χ4v) is 4.14. The molecule has 0 radical (unpaired) electrons. The smallest absolute Gasteiger partial charge is 0.354 e. The van der Waals surface area contributed by atoms with Gasteiger partial charge in [0.1, 0.15) is 5.82 Å². The number of carboxylic acids is 1. The van der Waals surface area contributed by atoms with Crippen LogP contribution < -0.4 is 0 Å². The highest BCUT2D eigenvalue weighted by Gasteiger charge is 2.26. The molecule has 1 aliphatic heterocycles. The van der Waals surface area contributed by atoms with Gasteiger partial charge < -0.3 is 9.67 Å². The zero-order valence-corrected chi connectivity index (χ0v) is 18.4. The van der Waals surface area contributed by atoms with Crippen LogP contribution in [0.1, 0.15) is 39.6 Å². The molecule has 0 fully saturated rings. The molecular formula is C24H21Cl2N3O2. The molecule has 1 unspecified atom stereocenters. The third-order valence-electron chi connectivity index (χ3n) is 5.31. The van der Waals surface area contributed by atoms with Crippen molar-refractivity contribution in [3.63, 3.8) is 0 Å². The Balaban J connectivity index is 1.87. The molecule has 2 aromatic rings. The highest BCUT2D eigenvalue weighted by atomic mass is 35.5. The Morgan fingerprint density at radius 1 is 1.32 bits per heavy atom. The number of halogens is 2. The number of carbonyl (C=O) groups is 1. The van der Waals surface area contributed by atoms with E-state index in [1.807, 2.05) is 55.5 Å². The average molecular weight is 454 g/mol. The standard InChI is InChI=1S/C24H21Cl2N3O2/c1-15-6-7-20(26)12-18(15)14-29-22(24(30)31)21(10-16-8-9-27-13-16)28-23(29)17-4-2-3-5-19(25)11-17/h3-9,11-13,16H,2,10,14H2,1H3,(H,30,31). The minimum absolute atomic E-state index is 0.0196. The maximum absolute atomic E-state index is 12.4. The summed E-state index contributed by atoms with van der Waals surface area (Å²) in [5, 5.41) is 11.3. The summed E-state index contributed by atoms with van der Waals surface area (Å²) in [6.07, 6.45) is 14.2. The van der Waals surface area contributed by atoms with Gasteiger partial charge in [-0.25, -0.2) is 9.78 Å². The first-order valence-electron chi connectivity index (χ1n) is 9.94. The van der Waals surface area contributed by atoms with Crippen LogP contribution in [-0.4, -0.2) is 26.8 Å². The van der Waals surface area contributed by atoms with Gasteiger partial charge in [0.05, 0.1) is 12.2 Å². The zero-order valence-electron chi connectivity index (χ0n) is 16.9. The monoisotopic (exact) mass is 453 g/mol. The van der Waals surface area contributed by atoms with E-state index < -0.39 is 5.97 Å². The van der Waals surface area contributed by atoms with E-state index in [1.165, 1.54) is 0 Å². The van der Waals surface area contributed by atoms with Crippen LogP contribution in [0.2, 0.25) is 5.02 Å². The first-order valence-corrected chi connectivity index (χ1v) is 10.7. The van der Waals surface area contributed by atoms with Crippen LogP contribution in [0.5, 0.6) is 0 Å². The Bertz CT molecular complexity index is 1170. The lowest BCUT2D eigenvalue weighted by Gasteiger charge is -2.14. The first kappa shape index (κ1) is 21.3. The molecule has 2 heterocycles. The molecule has 5 nitrogen and oxygen atoms in total. The Morgan fingerprint density at radius 2 is 2.16 bits per heavy atom. The number of carboxylic acid groups (broad SMARTS) is 1. The molecule has 31 heavy (non-hydrogen) atoms. The van der Waals surface area contributed by atoms with E-state index in [2.05, 4.69) is 4.99 Å². The normalized spacial score (nSPS) is 17.6. The third-order valence-corrected chi connectivity index (χ3v) is 5.78. The first-order chi connectivity index (χ1) is 14.9. The van der Waals surface area contributed by atoms with Crippen molar-refractivity contribution in [2.75, 3.05) is 0 Å². The molecule has 1 aromatic carbocycles. The number of aromatic carboxylic acids is 1. The van der Waals surface area contributed by atoms with E-state index >= 15 is 0 Å². The maximum atomic E-state index is 12.4. The fraction of sp³-hybridized carbons (Fsp3) is 0.208. The van der Waals surface area contributed by atoms with Gasteiger partial charge in [-0.1, -0.05) is 47.5 Å². The highest BCUT2D eigenvalue weighted by Crippen LogP contribution is 2.28. The minimum Gasteiger partial charge on any atom is -0.477 e. The van der Waals surface area contributed by atoms with Gasteiger partial charge in [-0.15, -0.1) is 0 Å². The van der Waals surface area contributed by atoms with Crippen LogP contribution in [-0.2, 0) is 13.0 Å². The summed E-state index contributed by atoms with van der Waals surface area (Å²) in [4.78, 5) is 21.3. The van der Waals surface area contributed by atoms with E-state index in [9.17, 15) is 9.90 Å².